The fraction of sp³-hybridized carbons (Fsp3) is 0.243. The largest absolute Gasteiger partial charge is 0.494 e. The maximum Gasteiger partial charge on any atom is 0.247 e. The van der Waals surface area contributed by atoms with Crippen LogP contribution in [-0.4, -0.2) is 282 Å². The second kappa shape index (κ2) is 49.6. The number of aromatic nitrogens is 15. The van der Waals surface area contributed by atoms with Crippen LogP contribution < -0.4 is 81.1 Å². The number of anilines is 16. The third-order valence-electron chi connectivity index (χ3n) is 23.4. The highest BCUT2D eigenvalue weighted by Gasteiger charge is 2.25. The molecule has 8 aromatic heterocycles. The van der Waals surface area contributed by atoms with E-state index in [0.717, 1.165) is 131 Å². The van der Waals surface area contributed by atoms with Crippen molar-refractivity contribution in [3.8, 4) is 51.8 Å². The maximum atomic E-state index is 12.2. The SMILES string of the molecule is C=CC(=O)Nc1cc(Nc2nccc(-c3nn(C)c4ccccc34)n2)c(OC)cc1N(C)CCN(C)C.C=CC(=O)Nc1cc(Nc2nccc(-n3cc(C)c4ccccc43)n2)c(OC)cc1N(C)CCN(C)C.C=CC(=O)Nc1cc(Nc2nccc(-n3ccc4ccccc43)n2)c(OC)cc1N(C)CCN(C)C.C=CC(=O)Nc1cc(Nc2nccc(-n3nnc4ccccc43)n2)c(OC)cc1N(C)CCN(C)C. The highest BCUT2D eigenvalue weighted by molar-refractivity contribution is 6.05. The zero-order chi connectivity index (χ0) is 104. The van der Waals surface area contributed by atoms with Crippen LogP contribution in [0.4, 0.5) is 92.0 Å². The number of fused-ring (bicyclic) bond motifs is 4. The Morgan fingerprint density at radius 1 is 0.363 bits per heavy atom. The van der Waals surface area contributed by atoms with Crippen LogP contribution in [0.15, 0.2) is 264 Å². The van der Waals surface area contributed by atoms with E-state index < -0.39 is 0 Å². The van der Waals surface area contributed by atoms with Crippen molar-refractivity contribution in [1.29, 1.82) is 0 Å². The summed E-state index contributed by atoms with van der Waals surface area (Å²) >= 11 is 0. The van der Waals surface area contributed by atoms with Gasteiger partial charge in [0.2, 0.25) is 47.4 Å². The molecule has 39 nitrogen and oxygen atoms in total. The molecule has 0 saturated carbocycles. The van der Waals surface area contributed by atoms with Crippen LogP contribution in [0.25, 0.3) is 72.6 Å². The molecular weight excluding hydrogens is 1850 g/mol. The lowest BCUT2D eigenvalue weighted by molar-refractivity contribution is -0.112. The maximum absolute atomic E-state index is 12.2. The van der Waals surface area contributed by atoms with Gasteiger partial charge in [-0.05, 0) is 177 Å². The number of methoxy groups -OCH3 is 4. The van der Waals surface area contributed by atoms with E-state index in [9.17, 15) is 19.2 Å². The Balaban J connectivity index is 0.000000163. The second-order valence-corrected chi connectivity index (χ2v) is 34.9. The van der Waals surface area contributed by atoms with Gasteiger partial charge in [-0.1, -0.05) is 98.3 Å². The number of benzene rings is 8. The first-order valence-electron chi connectivity index (χ1n) is 46.7. The number of hydrogen-bond donors (Lipinski definition) is 8. The lowest BCUT2D eigenvalue weighted by Gasteiger charge is -2.26. The molecule has 0 aliphatic heterocycles. The van der Waals surface area contributed by atoms with E-state index in [1.165, 1.54) is 35.3 Å². The van der Waals surface area contributed by atoms with Crippen molar-refractivity contribution < 1.29 is 38.1 Å². The lowest BCUT2D eigenvalue weighted by atomic mass is 10.1. The number of aryl methyl sites for hydroxylation is 2. The Bertz CT molecular complexity index is 6900. The average Bonchev–Trinajstić information content (AvgIpc) is 1.49. The molecule has 0 radical (unpaired) electrons. The molecule has 0 aliphatic rings. The molecule has 39 heteroatoms. The molecule has 0 spiro atoms. The molecule has 0 aliphatic carbocycles. The van der Waals surface area contributed by atoms with E-state index in [1.807, 2.05) is 257 Å². The number of hydrogen-bond acceptors (Lipinski definition) is 31. The van der Waals surface area contributed by atoms with Crippen molar-refractivity contribution in [3.05, 3.63) is 269 Å². The molecule has 16 rings (SSSR count). The zero-order valence-corrected chi connectivity index (χ0v) is 85.6. The highest BCUT2D eigenvalue weighted by atomic mass is 16.5. The summed E-state index contributed by atoms with van der Waals surface area (Å²) in [5.74, 6) is 4.66. The van der Waals surface area contributed by atoms with Gasteiger partial charge >= 0.3 is 0 Å². The minimum Gasteiger partial charge on any atom is -0.494 e. The predicted octanol–water partition coefficient (Wildman–Crippen LogP) is 15.9. The minimum atomic E-state index is -0.315. The summed E-state index contributed by atoms with van der Waals surface area (Å²) in [7, 11) is 32.3. The van der Waals surface area contributed by atoms with E-state index in [4.69, 9.17) is 33.9 Å². The molecule has 8 N–H and O–H groups in total. The zero-order valence-electron chi connectivity index (χ0n) is 85.6. The van der Waals surface area contributed by atoms with Gasteiger partial charge in [0.25, 0.3) is 0 Å². The van der Waals surface area contributed by atoms with Crippen LogP contribution in [0, 0.1) is 6.92 Å². The molecule has 0 bridgehead atoms. The van der Waals surface area contributed by atoms with Crippen LogP contribution in [0.3, 0.4) is 0 Å². The molecule has 756 valence electrons. The van der Waals surface area contributed by atoms with Crippen molar-refractivity contribution in [2.75, 3.05) is 228 Å². The summed E-state index contributed by atoms with van der Waals surface area (Å²) in [6.45, 7) is 22.8. The summed E-state index contributed by atoms with van der Waals surface area (Å²) in [6, 6.07) is 56.1. The van der Waals surface area contributed by atoms with Gasteiger partial charge in [-0.25, -0.2) is 24.9 Å². The second-order valence-electron chi connectivity index (χ2n) is 34.9. The molecule has 16 aromatic rings. The molecule has 0 unspecified atom stereocenters. The number of nitrogens with zero attached hydrogens (tertiary/aromatic N) is 23. The van der Waals surface area contributed by atoms with E-state index in [-0.39, 0.29) is 23.6 Å². The Labute approximate surface area is 848 Å². The highest BCUT2D eigenvalue weighted by Crippen LogP contribution is 2.44. The number of nitrogens with one attached hydrogen (secondary N) is 8. The molecule has 0 saturated heterocycles. The van der Waals surface area contributed by atoms with Crippen molar-refractivity contribution >= 4 is 159 Å². The third kappa shape index (κ3) is 26.7. The number of para-hydroxylation sites is 4. The Morgan fingerprint density at radius 2 is 0.705 bits per heavy atom. The summed E-state index contributed by atoms with van der Waals surface area (Å²) in [5, 5.41) is 41.0. The first-order chi connectivity index (χ1) is 70.4. The number of amides is 4. The van der Waals surface area contributed by atoms with Gasteiger partial charge in [-0.15, -0.1) is 5.10 Å². The van der Waals surface area contributed by atoms with Crippen molar-refractivity contribution in [1.82, 2.24) is 93.4 Å². The number of rotatable bonds is 40. The van der Waals surface area contributed by atoms with E-state index in [1.54, 1.807) is 70.0 Å². The molecule has 4 amide bonds. The topological polar surface area (TPSA) is 389 Å². The quantitative estimate of drug-likeness (QED) is 0.0165. The van der Waals surface area contributed by atoms with Gasteiger partial charge < -0.3 is 110 Å². The lowest BCUT2D eigenvalue weighted by Crippen LogP contribution is -2.29. The third-order valence-corrected chi connectivity index (χ3v) is 23.4. The van der Waals surface area contributed by atoms with Crippen LogP contribution in [0.1, 0.15) is 5.56 Å². The standard InChI is InChI=1S/C28H33N7O2.C27H32N8O2.C27H31N7O2.C25H29N9O2/c1-7-27(36)30-21-16-22(25(37-6)17-24(21)34(5)15-14-33(3)4)31-28-29-13-12-26(32-28)35-18-19(2)20-10-8-9-11-23(20)35;1-7-25(36)29-20-16-21(24(37-6)17-23(20)34(4)15-14-33(2)3)31-27-28-13-12-19(30-27)26-18-10-8-9-11-22(18)35(5)32-26;1-6-26(35)29-20-17-21(24(36-5)18-23(20)33(4)16-15-32(2)3)30-27-28-13-11-25(31-27)34-14-12-19-9-7-8-10-22(19)34;1-6-24(35)27-18-15-19(22(36-5)16-21(18)33(4)14-13-32(2)3)28-25-26-12-11-23(29-25)34-20-10-8-7-9-17(20)30-31-34/h7-13,16-18H,1,14-15H2,2-6H3,(H,30,36)(H,29,31,32);7-13,16-17H,1,14-15H2,2-6H3,(H,29,36)(H,28,30,31);6-14,17-18H,1,15-16H2,2-5H3,(H,29,35)(H,28,30,31);6-12,15-16H,1,13-14H2,2-5H3,(H,27,35)(H,26,28,29). The average molecular weight is 1970 g/mol. The molecule has 0 fully saturated rings. The van der Waals surface area contributed by atoms with Crippen LogP contribution in [0.2, 0.25) is 0 Å². The molecule has 146 heavy (non-hydrogen) atoms. The Kier molecular flexibility index (Phi) is 35.9. The molecular formula is C107H125N31O8. The van der Waals surface area contributed by atoms with Crippen LogP contribution >= 0.6 is 0 Å². The minimum absolute atomic E-state index is 0.300. The van der Waals surface area contributed by atoms with E-state index in [0.29, 0.717) is 104 Å². The van der Waals surface area contributed by atoms with E-state index >= 15 is 0 Å². The normalized spacial score (nSPS) is 10.9. The van der Waals surface area contributed by atoms with Gasteiger partial charge in [0.05, 0.1) is 124 Å². The van der Waals surface area contributed by atoms with Gasteiger partial charge in [-0.3, -0.25) is 23.9 Å². The Morgan fingerprint density at radius 3 is 1.11 bits per heavy atom. The summed E-state index contributed by atoms with van der Waals surface area (Å²) in [4.78, 5) is 102. The van der Waals surface area contributed by atoms with Crippen molar-refractivity contribution in [3.63, 3.8) is 0 Å². The fourth-order valence-corrected chi connectivity index (χ4v) is 15.5. The number of likely N-dealkylation sites (N-methyl/N-ethyl adjacent to an activating group) is 8. The van der Waals surface area contributed by atoms with Gasteiger partial charge in [0.1, 0.15) is 45.8 Å². The first kappa shape index (κ1) is 106. The molecule has 8 heterocycles. The summed E-state index contributed by atoms with van der Waals surface area (Å²) in [5.41, 5.74) is 15.5. The van der Waals surface area contributed by atoms with Crippen molar-refractivity contribution in [2.45, 2.75) is 6.92 Å². The monoisotopic (exact) mass is 1970 g/mol. The van der Waals surface area contributed by atoms with Gasteiger partial charge in [-0.2, -0.15) is 24.7 Å². The van der Waals surface area contributed by atoms with Gasteiger partial charge in [0, 0.05) is 166 Å². The number of ether oxygens (including phenoxy) is 4. The molecule has 8 aromatic carbocycles. The van der Waals surface area contributed by atoms with Crippen LogP contribution in [0.5, 0.6) is 23.0 Å². The van der Waals surface area contributed by atoms with Gasteiger partial charge in [0.15, 0.2) is 5.82 Å². The predicted molar refractivity (Wildman–Crippen MR) is 586 cm³/mol. The number of carbonyl (C=O) groups is 4. The first-order valence-corrected chi connectivity index (χ1v) is 46.7. The Hall–Kier alpha value is -17.7. The fourth-order valence-electron chi connectivity index (χ4n) is 15.5. The summed E-state index contributed by atoms with van der Waals surface area (Å²) in [6.07, 6.45) is 15.8. The summed E-state index contributed by atoms with van der Waals surface area (Å²) < 4.78 is 30.3. The smallest absolute Gasteiger partial charge is 0.247 e. The van der Waals surface area contributed by atoms with E-state index in [2.05, 4.69) is 180 Å². The van der Waals surface area contributed by atoms with Crippen molar-refractivity contribution in [2.24, 2.45) is 7.05 Å². The number of carbonyl (C=O) groups excluding carboxylic acids is 4. The molecule has 0 atom stereocenters. The van der Waals surface area contributed by atoms with Crippen LogP contribution in [-0.2, 0) is 26.2 Å².